The molecule has 2 aromatic rings. The molecular formula is C15H16N4O2S. The van der Waals surface area contributed by atoms with Crippen molar-refractivity contribution < 1.29 is 9.53 Å². The van der Waals surface area contributed by atoms with Crippen LogP contribution in [0, 0.1) is 11.3 Å². The van der Waals surface area contributed by atoms with Crippen LogP contribution in [0.1, 0.15) is 23.9 Å². The van der Waals surface area contributed by atoms with E-state index in [2.05, 4.69) is 16.3 Å². The van der Waals surface area contributed by atoms with Gasteiger partial charge in [0.25, 0.3) is 0 Å². The number of esters is 1. The molecule has 0 saturated heterocycles. The van der Waals surface area contributed by atoms with Crippen LogP contribution >= 0.6 is 11.8 Å². The van der Waals surface area contributed by atoms with E-state index in [4.69, 9.17) is 10.00 Å². The molecule has 0 radical (unpaired) electrons. The van der Waals surface area contributed by atoms with Gasteiger partial charge in [0.2, 0.25) is 0 Å². The van der Waals surface area contributed by atoms with E-state index in [9.17, 15) is 4.79 Å². The molecular weight excluding hydrogens is 300 g/mol. The molecule has 0 fully saturated rings. The number of ether oxygens (including phenoxy) is 1. The molecule has 7 heteroatoms. The van der Waals surface area contributed by atoms with Gasteiger partial charge in [-0.2, -0.15) is 5.26 Å². The molecule has 2 rings (SSSR count). The van der Waals surface area contributed by atoms with E-state index in [-0.39, 0.29) is 12.4 Å². The van der Waals surface area contributed by atoms with Crippen LogP contribution in [0.25, 0.3) is 0 Å². The van der Waals surface area contributed by atoms with Crippen molar-refractivity contribution >= 4 is 17.7 Å². The molecule has 6 nitrogen and oxygen atoms in total. The molecule has 0 N–H and O–H groups in total. The fourth-order valence-electron chi connectivity index (χ4n) is 1.79. The Kier molecular flexibility index (Phi) is 5.55. The number of aromatic nitrogens is 3. The number of hydrogen-bond acceptors (Lipinski definition) is 6. The average Bonchev–Trinajstić information content (AvgIpc) is 2.86. The van der Waals surface area contributed by atoms with Crippen molar-refractivity contribution in [3.05, 3.63) is 41.2 Å². The quantitative estimate of drug-likeness (QED) is 0.599. The maximum atomic E-state index is 11.5. The molecule has 0 saturated carbocycles. The number of rotatable bonds is 6. The molecule has 1 aromatic carbocycles. The highest BCUT2D eigenvalue weighted by atomic mass is 32.2. The summed E-state index contributed by atoms with van der Waals surface area (Å²) in [5.74, 6) is 0.999. The predicted molar refractivity (Wildman–Crippen MR) is 82.1 cm³/mol. The fourth-order valence-corrected chi connectivity index (χ4v) is 2.67. The van der Waals surface area contributed by atoms with Gasteiger partial charge in [-0.15, -0.1) is 10.2 Å². The summed E-state index contributed by atoms with van der Waals surface area (Å²) in [6.45, 7) is 2.13. The first-order valence-corrected chi connectivity index (χ1v) is 7.78. The summed E-state index contributed by atoms with van der Waals surface area (Å²) in [6.07, 6.45) is 0.120. The maximum absolute atomic E-state index is 11.5. The monoisotopic (exact) mass is 316 g/mol. The van der Waals surface area contributed by atoms with Crippen molar-refractivity contribution in [2.45, 2.75) is 24.3 Å². The van der Waals surface area contributed by atoms with Crippen molar-refractivity contribution in [2.24, 2.45) is 7.05 Å². The van der Waals surface area contributed by atoms with Crippen LogP contribution in [-0.4, -0.2) is 27.3 Å². The third-order valence-corrected chi connectivity index (χ3v) is 4.08. The Balaban J connectivity index is 1.97. The van der Waals surface area contributed by atoms with E-state index >= 15 is 0 Å². The fraction of sp³-hybridized carbons (Fsp3) is 0.333. The summed E-state index contributed by atoms with van der Waals surface area (Å²) in [6, 6.07) is 9.51. The van der Waals surface area contributed by atoms with Gasteiger partial charge >= 0.3 is 5.97 Å². The molecule has 0 aliphatic rings. The van der Waals surface area contributed by atoms with Crippen LogP contribution in [0.15, 0.2) is 29.4 Å². The molecule has 0 aliphatic heterocycles. The lowest BCUT2D eigenvalue weighted by Gasteiger charge is -2.04. The van der Waals surface area contributed by atoms with Gasteiger partial charge in [-0.25, -0.2) is 0 Å². The molecule has 0 aliphatic carbocycles. The SMILES string of the molecule is CCOC(=O)Cc1nnc(SCc2ccc(C#N)cc2)n1C. The summed E-state index contributed by atoms with van der Waals surface area (Å²) in [5.41, 5.74) is 1.74. The van der Waals surface area contributed by atoms with Crippen LogP contribution in [0.4, 0.5) is 0 Å². The Hall–Kier alpha value is -2.33. The first-order chi connectivity index (χ1) is 10.6. The number of thioether (sulfide) groups is 1. The minimum Gasteiger partial charge on any atom is -0.466 e. The van der Waals surface area contributed by atoms with Gasteiger partial charge in [0.15, 0.2) is 5.16 Å². The highest BCUT2D eigenvalue weighted by molar-refractivity contribution is 7.98. The number of carbonyl (C=O) groups excluding carboxylic acids is 1. The van der Waals surface area contributed by atoms with Gasteiger partial charge in [-0.05, 0) is 24.6 Å². The third kappa shape index (κ3) is 4.09. The van der Waals surface area contributed by atoms with E-state index in [0.29, 0.717) is 18.0 Å². The van der Waals surface area contributed by atoms with E-state index in [1.165, 1.54) is 11.8 Å². The molecule has 0 bridgehead atoms. The Morgan fingerprint density at radius 1 is 1.36 bits per heavy atom. The molecule has 114 valence electrons. The van der Waals surface area contributed by atoms with Gasteiger partial charge in [-0.3, -0.25) is 4.79 Å². The Morgan fingerprint density at radius 3 is 2.73 bits per heavy atom. The van der Waals surface area contributed by atoms with E-state index in [1.807, 2.05) is 19.2 Å². The summed E-state index contributed by atoms with van der Waals surface area (Å²) >= 11 is 1.53. The second-order valence-corrected chi connectivity index (χ2v) is 5.48. The summed E-state index contributed by atoms with van der Waals surface area (Å²) in [7, 11) is 1.83. The van der Waals surface area contributed by atoms with E-state index < -0.39 is 0 Å². The lowest BCUT2D eigenvalue weighted by atomic mass is 10.2. The van der Waals surface area contributed by atoms with Crippen LogP contribution in [0.5, 0.6) is 0 Å². The van der Waals surface area contributed by atoms with Crippen molar-refractivity contribution in [2.75, 3.05) is 6.61 Å². The predicted octanol–water partition coefficient (Wildman–Crippen LogP) is 2.08. The first-order valence-electron chi connectivity index (χ1n) is 6.79. The lowest BCUT2D eigenvalue weighted by molar-refractivity contribution is -0.142. The Bertz CT molecular complexity index is 689. The van der Waals surface area contributed by atoms with E-state index in [1.54, 1.807) is 23.6 Å². The Labute approximate surface area is 133 Å². The summed E-state index contributed by atoms with van der Waals surface area (Å²) in [5, 5.41) is 17.6. The first kappa shape index (κ1) is 16.0. The maximum Gasteiger partial charge on any atom is 0.313 e. The van der Waals surface area contributed by atoms with Gasteiger partial charge in [0.05, 0.1) is 18.2 Å². The topological polar surface area (TPSA) is 80.8 Å². The normalized spacial score (nSPS) is 10.2. The highest BCUT2D eigenvalue weighted by Crippen LogP contribution is 2.21. The molecule has 0 amide bonds. The largest absolute Gasteiger partial charge is 0.466 e. The number of nitrogens with zero attached hydrogens (tertiary/aromatic N) is 4. The lowest BCUT2D eigenvalue weighted by Crippen LogP contribution is -2.11. The molecule has 0 atom stereocenters. The van der Waals surface area contributed by atoms with Crippen molar-refractivity contribution in [1.82, 2.24) is 14.8 Å². The summed E-state index contributed by atoms with van der Waals surface area (Å²) in [4.78, 5) is 11.5. The zero-order valence-corrected chi connectivity index (χ0v) is 13.3. The highest BCUT2D eigenvalue weighted by Gasteiger charge is 2.13. The van der Waals surface area contributed by atoms with Crippen molar-refractivity contribution in [3.8, 4) is 6.07 Å². The van der Waals surface area contributed by atoms with Gasteiger partial charge in [-0.1, -0.05) is 23.9 Å². The molecule has 1 heterocycles. The smallest absolute Gasteiger partial charge is 0.313 e. The minimum atomic E-state index is -0.304. The number of carbonyl (C=O) groups is 1. The zero-order valence-electron chi connectivity index (χ0n) is 12.4. The average molecular weight is 316 g/mol. The van der Waals surface area contributed by atoms with Crippen molar-refractivity contribution in [1.29, 1.82) is 5.26 Å². The van der Waals surface area contributed by atoms with Gasteiger partial charge in [0.1, 0.15) is 12.2 Å². The molecule has 22 heavy (non-hydrogen) atoms. The summed E-state index contributed by atoms with van der Waals surface area (Å²) < 4.78 is 6.70. The number of hydrogen-bond donors (Lipinski definition) is 0. The van der Waals surface area contributed by atoms with Crippen LogP contribution < -0.4 is 0 Å². The second-order valence-electron chi connectivity index (χ2n) is 4.54. The Morgan fingerprint density at radius 2 is 2.09 bits per heavy atom. The van der Waals surface area contributed by atoms with Crippen LogP contribution in [-0.2, 0) is 28.8 Å². The third-order valence-electron chi connectivity index (χ3n) is 2.98. The zero-order chi connectivity index (χ0) is 15.9. The number of benzene rings is 1. The van der Waals surface area contributed by atoms with Crippen molar-refractivity contribution in [3.63, 3.8) is 0 Å². The van der Waals surface area contributed by atoms with Crippen LogP contribution in [0.2, 0.25) is 0 Å². The molecule has 1 aromatic heterocycles. The van der Waals surface area contributed by atoms with Crippen LogP contribution in [0.3, 0.4) is 0 Å². The standard InChI is InChI=1S/C15H16N4O2S/c1-3-21-14(20)8-13-17-18-15(19(13)2)22-10-12-6-4-11(9-16)5-7-12/h4-7H,3,8,10H2,1-2H3. The van der Waals surface area contributed by atoms with E-state index in [0.717, 1.165) is 16.5 Å². The molecule has 0 unspecified atom stereocenters. The minimum absolute atomic E-state index is 0.120. The second kappa shape index (κ2) is 7.61. The molecule has 0 spiro atoms. The van der Waals surface area contributed by atoms with Gasteiger partial charge < -0.3 is 9.30 Å². The van der Waals surface area contributed by atoms with Gasteiger partial charge in [0, 0.05) is 12.8 Å². The number of nitriles is 1.